The van der Waals surface area contributed by atoms with Crippen molar-refractivity contribution >= 4 is 39.5 Å². The Balaban J connectivity index is 1.93. The largest absolute Gasteiger partial charge is 0.312 e. The Morgan fingerprint density at radius 1 is 1.25 bits per heavy atom. The van der Waals surface area contributed by atoms with E-state index < -0.39 is 0 Å². The van der Waals surface area contributed by atoms with E-state index in [-0.39, 0.29) is 0 Å². The van der Waals surface area contributed by atoms with Crippen LogP contribution in [0.3, 0.4) is 0 Å². The van der Waals surface area contributed by atoms with E-state index in [9.17, 15) is 0 Å². The lowest BCUT2D eigenvalue weighted by Gasteiger charge is -2.32. The van der Waals surface area contributed by atoms with Gasteiger partial charge in [0.05, 0.1) is 2.88 Å². The molecule has 1 N–H and O–H groups in total. The van der Waals surface area contributed by atoms with Gasteiger partial charge in [0, 0.05) is 11.4 Å². The van der Waals surface area contributed by atoms with E-state index in [0.717, 1.165) is 18.4 Å². The minimum atomic E-state index is 0.861. The Labute approximate surface area is 140 Å². The van der Waals surface area contributed by atoms with Crippen molar-refractivity contribution in [2.45, 2.75) is 46.0 Å². The van der Waals surface area contributed by atoms with Crippen LogP contribution in [0.15, 0.2) is 11.6 Å². The molecule has 3 heteroatoms. The lowest BCUT2D eigenvalue weighted by molar-refractivity contribution is 0.314. The molecule has 1 fully saturated rings. The number of hydrogen-bond acceptors (Lipinski definition) is 2. The third-order valence-corrected chi connectivity index (χ3v) is 6.79. The first kappa shape index (κ1) is 15.0. The summed E-state index contributed by atoms with van der Waals surface area (Å²) in [7, 11) is 0. The molecule has 1 saturated carbocycles. The van der Waals surface area contributed by atoms with Gasteiger partial charge in [-0.05, 0) is 84.4 Å². The Morgan fingerprint density at radius 3 is 2.65 bits per heavy atom. The molecule has 0 aromatic carbocycles. The zero-order valence-corrected chi connectivity index (χ0v) is 15.4. The van der Waals surface area contributed by atoms with Crippen LogP contribution in [-0.2, 0) is 0 Å². The van der Waals surface area contributed by atoms with Crippen molar-refractivity contribution < 1.29 is 0 Å². The predicted octanol–water partition coefficient (Wildman–Crippen LogP) is 5.23. The van der Waals surface area contributed by atoms with Crippen molar-refractivity contribution in [2.75, 3.05) is 13.1 Å². The molecule has 1 aliphatic heterocycles. The Morgan fingerprint density at radius 2 is 2.00 bits per heavy atom. The Hall–Kier alpha value is 0.130. The zero-order valence-electron chi connectivity index (χ0n) is 12.5. The normalized spacial score (nSPS) is 27.9. The number of thiophene rings is 1. The highest BCUT2D eigenvalue weighted by atomic mass is 127. The fraction of sp³-hybridized carbons (Fsp3) is 0.647. The molecule has 3 rings (SSSR count). The smallest absolute Gasteiger partial charge is 0.0662 e. The second-order valence-corrected chi connectivity index (χ2v) is 9.56. The van der Waals surface area contributed by atoms with Crippen molar-refractivity contribution in [1.82, 2.24) is 5.32 Å². The average Bonchev–Trinajstić information content (AvgIpc) is 2.78. The van der Waals surface area contributed by atoms with Gasteiger partial charge in [-0.15, -0.1) is 11.3 Å². The minimum absolute atomic E-state index is 0.861. The topological polar surface area (TPSA) is 12.0 Å². The van der Waals surface area contributed by atoms with Crippen LogP contribution in [0.25, 0.3) is 5.57 Å². The second-order valence-electron chi connectivity index (χ2n) is 6.41. The lowest BCUT2D eigenvalue weighted by atomic mass is 9.75. The molecule has 1 aromatic heterocycles. The monoisotopic (exact) mass is 401 g/mol. The van der Waals surface area contributed by atoms with Gasteiger partial charge in [-0.3, -0.25) is 0 Å². The first-order valence-corrected chi connectivity index (χ1v) is 9.73. The summed E-state index contributed by atoms with van der Waals surface area (Å²) in [6, 6.07) is 2.40. The molecule has 0 saturated heterocycles. The maximum Gasteiger partial charge on any atom is 0.0662 e. The van der Waals surface area contributed by atoms with Crippen LogP contribution >= 0.6 is 33.9 Å². The van der Waals surface area contributed by atoms with Crippen molar-refractivity contribution in [1.29, 1.82) is 0 Å². The first-order chi connectivity index (χ1) is 9.65. The van der Waals surface area contributed by atoms with Crippen molar-refractivity contribution in [3.63, 3.8) is 0 Å². The van der Waals surface area contributed by atoms with E-state index in [1.807, 2.05) is 11.3 Å². The standard InChI is InChI=1S/C17H24INS/c1-11-3-5-13(6-4-11)14-7-8-19-10-16(14)15-9-17(18)20-12(15)2/h9,11,13,19H,3-8,10H2,1-2H3. The highest BCUT2D eigenvalue weighted by Crippen LogP contribution is 2.40. The summed E-state index contributed by atoms with van der Waals surface area (Å²) in [6.07, 6.45) is 6.95. The molecular weight excluding hydrogens is 377 g/mol. The molecule has 1 nitrogen and oxygen atoms in total. The van der Waals surface area contributed by atoms with Gasteiger partial charge in [-0.25, -0.2) is 0 Å². The molecule has 0 unspecified atom stereocenters. The highest BCUT2D eigenvalue weighted by molar-refractivity contribution is 14.1. The van der Waals surface area contributed by atoms with E-state index in [0.29, 0.717) is 0 Å². The average molecular weight is 401 g/mol. The second kappa shape index (κ2) is 6.49. The maximum atomic E-state index is 3.59. The molecule has 0 bridgehead atoms. The van der Waals surface area contributed by atoms with Crippen molar-refractivity contribution in [3.05, 3.63) is 25.0 Å². The third-order valence-electron chi connectivity index (χ3n) is 4.98. The quantitative estimate of drug-likeness (QED) is 0.669. The van der Waals surface area contributed by atoms with Crippen LogP contribution in [0.5, 0.6) is 0 Å². The van der Waals surface area contributed by atoms with Gasteiger partial charge < -0.3 is 5.32 Å². The molecule has 0 amide bonds. The molecule has 2 heterocycles. The Kier molecular flexibility index (Phi) is 4.88. The van der Waals surface area contributed by atoms with E-state index in [4.69, 9.17) is 0 Å². The summed E-state index contributed by atoms with van der Waals surface area (Å²) in [4.78, 5) is 1.50. The highest BCUT2D eigenvalue weighted by Gasteiger charge is 2.26. The zero-order chi connectivity index (χ0) is 14.1. The molecule has 1 aliphatic carbocycles. The van der Waals surface area contributed by atoms with Crippen LogP contribution in [0.4, 0.5) is 0 Å². The summed E-state index contributed by atoms with van der Waals surface area (Å²) >= 11 is 4.40. The van der Waals surface area contributed by atoms with Gasteiger partial charge in [0.25, 0.3) is 0 Å². The fourth-order valence-corrected chi connectivity index (χ4v) is 5.84. The van der Waals surface area contributed by atoms with Gasteiger partial charge in [0.2, 0.25) is 0 Å². The molecule has 0 radical (unpaired) electrons. The maximum absolute atomic E-state index is 3.59. The van der Waals surface area contributed by atoms with Gasteiger partial charge in [0.15, 0.2) is 0 Å². The predicted molar refractivity (Wildman–Crippen MR) is 97.3 cm³/mol. The Bertz CT molecular complexity index is 509. The summed E-state index contributed by atoms with van der Waals surface area (Å²) in [5.41, 5.74) is 4.95. The molecule has 20 heavy (non-hydrogen) atoms. The summed E-state index contributed by atoms with van der Waals surface area (Å²) in [5.74, 6) is 1.81. The van der Waals surface area contributed by atoms with Gasteiger partial charge in [-0.2, -0.15) is 0 Å². The number of rotatable bonds is 2. The number of nitrogens with one attached hydrogen (secondary N) is 1. The first-order valence-electron chi connectivity index (χ1n) is 7.84. The summed E-state index contributed by atoms with van der Waals surface area (Å²) < 4.78 is 1.42. The lowest BCUT2D eigenvalue weighted by Crippen LogP contribution is -2.28. The van der Waals surface area contributed by atoms with Gasteiger partial charge in [0.1, 0.15) is 0 Å². The van der Waals surface area contributed by atoms with Crippen LogP contribution in [0, 0.1) is 21.6 Å². The minimum Gasteiger partial charge on any atom is -0.312 e. The molecule has 110 valence electrons. The fourth-order valence-electron chi connectivity index (χ4n) is 3.77. The van der Waals surface area contributed by atoms with Crippen molar-refractivity contribution in [3.8, 4) is 0 Å². The van der Waals surface area contributed by atoms with Gasteiger partial charge >= 0.3 is 0 Å². The van der Waals surface area contributed by atoms with Gasteiger partial charge in [-0.1, -0.05) is 25.3 Å². The van der Waals surface area contributed by atoms with Crippen LogP contribution < -0.4 is 5.32 Å². The molecular formula is C17H24INS. The summed E-state index contributed by atoms with van der Waals surface area (Å²) in [5, 5.41) is 3.59. The van der Waals surface area contributed by atoms with E-state index in [2.05, 4.69) is 47.8 Å². The van der Waals surface area contributed by atoms with Crippen LogP contribution in [-0.4, -0.2) is 13.1 Å². The van der Waals surface area contributed by atoms with Crippen LogP contribution in [0.1, 0.15) is 49.5 Å². The van der Waals surface area contributed by atoms with Crippen molar-refractivity contribution in [2.24, 2.45) is 11.8 Å². The van der Waals surface area contributed by atoms with E-state index >= 15 is 0 Å². The number of halogens is 1. The number of hydrogen-bond donors (Lipinski definition) is 1. The number of aryl methyl sites for hydroxylation is 1. The molecule has 0 spiro atoms. The SMILES string of the molecule is Cc1sc(I)cc1C1=C(C2CCC(C)CC2)CCNC1. The van der Waals surface area contributed by atoms with E-state index in [1.165, 1.54) is 52.0 Å². The molecule has 2 aliphatic rings. The molecule has 1 aromatic rings. The van der Waals surface area contributed by atoms with Crippen LogP contribution in [0.2, 0.25) is 0 Å². The van der Waals surface area contributed by atoms with E-state index in [1.54, 1.807) is 11.1 Å². The summed E-state index contributed by atoms with van der Waals surface area (Å²) in [6.45, 7) is 6.95. The molecule has 0 atom stereocenters. The third kappa shape index (κ3) is 3.14.